The van der Waals surface area contributed by atoms with E-state index in [1.54, 1.807) is 42.7 Å². The van der Waals surface area contributed by atoms with Crippen LogP contribution in [0.5, 0.6) is 5.75 Å². The molecule has 1 N–H and O–H groups in total. The maximum Gasteiger partial charge on any atom is 0.255 e. The Bertz CT molecular complexity index is 924. The zero-order valence-corrected chi connectivity index (χ0v) is 15.4. The molecular weight excluding hydrogens is 348 g/mol. The first-order chi connectivity index (χ1) is 12.5. The second kappa shape index (κ2) is 8.02. The highest BCUT2D eigenvalue weighted by molar-refractivity contribution is 6.31. The molecule has 0 radical (unpaired) electrons. The number of hydrogen-bond acceptors (Lipinski definition) is 3. The lowest BCUT2D eigenvalue weighted by atomic mass is 10.1. The molecular formula is C21H19ClN2O2. The van der Waals surface area contributed by atoms with Gasteiger partial charge in [-0.3, -0.25) is 9.78 Å². The number of carbonyl (C=O) groups is 1. The summed E-state index contributed by atoms with van der Waals surface area (Å²) in [6.07, 6.45) is 3.31. The van der Waals surface area contributed by atoms with Crippen LogP contribution < -0.4 is 10.1 Å². The van der Waals surface area contributed by atoms with Gasteiger partial charge in [-0.05, 0) is 61.4 Å². The number of carbonyl (C=O) groups excluding carboxylic acids is 1. The van der Waals surface area contributed by atoms with Gasteiger partial charge in [-0.2, -0.15) is 0 Å². The van der Waals surface area contributed by atoms with Crippen LogP contribution >= 0.6 is 11.6 Å². The molecule has 0 spiro atoms. The average Bonchev–Trinajstić information content (AvgIpc) is 2.65. The predicted molar refractivity (Wildman–Crippen MR) is 104 cm³/mol. The number of pyridine rings is 1. The van der Waals surface area contributed by atoms with Crippen LogP contribution in [-0.2, 0) is 6.61 Å². The van der Waals surface area contributed by atoms with Crippen molar-refractivity contribution in [2.75, 3.05) is 5.32 Å². The molecule has 0 saturated heterocycles. The fraction of sp³-hybridized carbons (Fsp3) is 0.143. The Morgan fingerprint density at radius 1 is 1.12 bits per heavy atom. The summed E-state index contributed by atoms with van der Waals surface area (Å²) >= 11 is 6.09. The van der Waals surface area contributed by atoms with Crippen molar-refractivity contribution in [1.29, 1.82) is 0 Å². The molecule has 5 heteroatoms. The van der Waals surface area contributed by atoms with Gasteiger partial charge in [0.25, 0.3) is 5.91 Å². The number of ether oxygens (including phenoxy) is 1. The first-order valence-corrected chi connectivity index (χ1v) is 8.61. The largest absolute Gasteiger partial charge is 0.489 e. The molecule has 3 aromatic rings. The highest BCUT2D eigenvalue weighted by Crippen LogP contribution is 2.21. The van der Waals surface area contributed by atoms with E-state index in [9.17, 15) is 4.79 Å². The zero-order chi connectivity index (χ0) is 18.5. The summed E-state index contributed by atoms with van der Waals surface area (Å²) in [6.45, 7) is 4.33. The van der Waals surface area contributed by atoms with Crippen molar-refractivity contribution in [3.8, 4) is 5.75 Å². The van der Waals surface area contributed by atoms with E-state index in [-0.39, 0.29) is 5.91 Å². The van der Waals surface area contributed by atoms with Crippen molar-refractivity contribution in [2.24, 2.45) is 0 Å². The second-order valence-electron chi connectivity index (χ2n) is 5.98. The number of nitrogens with one attached hydrogen (secondary N) is 1. The van der Waals surface area contributed by atoms with E-state index in [1.165, 1.54) is 0 Å². The van der Waals surface area contributed by atoms with Gasteiger partial charge in [-0.15, -0.1) is 0 Å². The van der Waals surface area contributed by atoms with Crippen LogP contribution in [0.15, 0.2) is 60.9 Å². The molecule has 26 heavy (non-hydrogen) atoms. The standard InChI is InChI=1S/C21H19ClN2O2/c1-14-4-3-5-20(15(14)2)24-21(25)16-6-8-18(9-7-16)26-13-17-12-23-11-10-19(17)22/h3-12H,13H2,1-2H3,(H,24,25). The van der Waals surface area contributed by atoms with Gasteiger partial charge in [0.2, 0.25) is 0 Å². The predicted octanol–water partition coefficient (Wildman–Crippen LogP) is 5.18. The number of anilines is 1. The molecule has 1 amide bonds. The Labute approximate surface area is 157 Å². The third-order valence-corrected chi connectivity index (χ3v) is 4.58. The topological polar surface area (TPSA) is 51.2 Å². The van der Waals surface area contributed by atoms with Crippen molar-refractivity contribution < 1.29 is 9.53 Å². The van der Waals surface area contributed by atoms with Crippen molar-refractivity contribution in [1.82, 2.24) is 4.98 Å². The zero-order valence-electron chi connectivity index (χ0n) is 14.6. The lowest BCUT2D eigenvalue weighted by Gasteiger charge is -2.11. The molecule has 4 nitrogen and oxygen atoms in total. The summed E-state index contributed by atoms with van der Waals surface area (Å²) < 4.78 is 5.70. The molecule has 0 atom stereocenters. The molecule has 0 aliphatic heterocycles. The summed E-state index contributed by atoms with van der Waals surface area (Å²) in [7, 11) is 0. The summed E-state index contributed by atoms with van der Waals surface area (Å²) in [5, 5.41) is 3.56. The minimum atomic E-state index is -0.152. The molecule has 0 saturated carbocycles. The van der Waals surface area contributed by atoms with Crippen molar-refractivity contribution in [2.45, 2.75) is 20.5 Å². The molecule has 0 bridgehead atoms. The van der Waals surface area contributed by atoms with Crippen LogP contribution in [0.4, 0.5) is 5.69 Å². The molecule has 0 aliphatic rings. The quantitative estimate of drug-likeness (QED) is 0.676. The number of aryl methyl sites for hydroxylation is 1. The number of aromatic nitrogens is 1. The number of hydrogen-bond donors (Lipinski definition) is 1. The van der Waals surface area contributed by atoms with Crippen LogP contribution in [0.1, 0.15) is 27.0 Å². The highest BCUT2D eigenvalue weighted by Gasteiger charge is 2.09. The number of amides is 1. The fourth-order valence-electron chi connectivity index (χ4n) is 2.46. The maximum absolute atomic E-state index is 12.4. The van der Waals surface area contributed by atoms with Gasteiger partial charge in [0, 0.05) is 29.2 Å². The maximum atomic E-state index is 12.4. The number of nitrogens with zero attached hydrogens (tertiary/aromatic N) is 1. The Kier molecular flexibility index (Phi) is 5.54. The first-order valence-electron chi connectivity index (χ1n) is 8.23. The highest BCUT2D eigenvalue weighted by atomic mass is 35.5. The van der Waals surface area contributed by atoms with Crippen molar-refractivity contribution >= 4 is 23.2 Å². The molecule has 1 aromatic heterocycles. The van der Waals surface area contributed by atoms with E-state index in [4.69, 9.17) is 16.3 Å². The van der Waals surface area contributed by atoms with Gasteiger partial charge < -0.3 is 10.1 Å². The smallest absolute Gasteiger partial charge is 0.255 e. The monoisotopic (exact) mass is 366 g/mol. The summed E-state index contributed by atoms with van der Waals surface area (Å²) in [5.41, 5.74) is 4.40. The van der Waals surface area contributed by atoms with Gasteiger partial charge in [-0.1, -0.05) is 23.7 Å². The average molecular weight is 367 g/mol. The normalized spacial score (nSPS) is 10.4. The lowest BCUT2D eigenvalue weighted by Crippen LogP contribution is -2.13. The Balaban J connectivity index is 1.64. The van der Waals surface area contributed by atoms with Crippen LogP contribution in [-0.4, -0.2) is 10.9 Å². The van der Waals surface area contributed by atoms with E-state index in [0.29, 0.717) is 22.9 Å². The van der Waals surface area contributed by atoms with Crippen LogP contribution in [0.2, 0.25) is 5.02 Å². The van der Waals surface area contributed by atoms with Crippen LogP contribution in [0.3, 0.4) is 0 Å². The molecule has 2 aromatic carbocycles. The van der Waals surface area contributed by atoms with Gasteiger partial charge >= 0.3 is 0 Å². The second-order valence-corrected chi connectivity index (χ2v) is 6.39. The molecule has 3 rings (SSSR count). The van der Waals surface area contributed by atoms with Crippen molar-refractivity contribution in [3.05, 3.63) is 88.2 Å². The summed E-state index contributed by atoms with van der Waals surface area (Å²) in [4.78, 5) is 16.5. The van der Waals surface area contributed by atoms with Crippen molar-refractivity contribution in [3.63, 3.8) is 0 Å². The fourth-order valence-corrected chi connectivity index (χ4v) is 2.62. The third-order valence-electron chi connectivity index (χ3n) is 4.21. The molecule has 0 aliphatic carbocycles. The minimum absolute atomic E-state index is 0.152. The number of benzene rings is 2. The molecule has 0 fully saturated rings. The Morgan fingerprint density at radius 2 is 1.88 bits per heavy atom. The summed E-state index contributed by atoms with van der Waals surface area (Å²) in [5.74, 6) is 0.508. The SMILES string of the molecule is Cc1cccc(NC(=O)c2ccc(OCc3cnccc3Cl)cc2)c1C. The van der Waals surface area contributed by atoms with E-state index in [2.05, 4.69) is 10.3 Å². The molecule has 1 heterocycles. The first kappa shape index (κ1) is 18.0. The van der Waals surface area contributed by atoms with Crippen LogP contribution in [0.25, 0.3) is 0 Å². The molecule has 0 unspecified atom stereocenters. The lowest BCUT2D eigenvalue weighted by molar-refractivity contribution is 0.102. The Hall–Kier alpha value is -2.85. The van der Waals surface area contributed by atoms with E-state index >= 15 is 0 Å². The van der Waals surface area contributed by atoms with E-state index in [1.807, 2.05) is 32.0 Å². The third kappa shape index (κ3) is 4.21. The van der Waals surface area contributed by atoms with Gasteiger partial charge in [-0.25, -0.2) is 0 Å². The van der Waals surface area contributed by atoms with Crippen LogP contribution in [0, 0.1) is 13.8 Å². The van der Waals surface area contributed by atoms with Gasteiger partial charge in [0.05, 0.1) is 5.02 Å². The molecule has 132 valence electrons. The van der Waals surface area contributed by atoms with Gasteiger partial charge in [0.15, 0.2) is 0 Å². The number of rotatable bonds is 5. The number of halogens is 1. The minimum Gasteiger partial charge on any atom is -0.489 e. The Morgan fingerprint density at radius 3 is 2.62 bits per heavy atom. The van der Waals surface area contributed by atoms with E-state index in [0.717, 1.165) is 22.4 Å². The van der Waals surface area contributed by atoms with Gasteiger partial charge in [0.1, 0.15) is 12.4 Å². The summed E-state index contributed by atoms with van der Waals surface area (Å²) in [6, 6.07) is 14.6. The van der Waals surface area contributed by atoms with E-state index < -0.39 is 0 Å².